The zero-order chi connectivity index (χ0) is 28.3. The van der Waals surface area contributed by atoms with Crippen molar-refractivity contribution in [2.24, 2.45) is 0 Å². The summed E-state index contributed by atoms with van der Waals surface area (Å²) < 4.78 is 76.6. The number of aromatic nitrogens is 1. The smallest absolute Gasteiger partial charge is 0.417 e. The second-order valence-corrected chi connectivity index (χ2v) is 9.77. The molecule has 10 heteroatoms. The van der Waals surface area contributed by atoms with Gasteiger partial charge in [0.15, 0.2) is 0 Å². The minimum atomic E-state index is -5.00. The van der Waals surface area contributed by atoms with Crippen LogP contribution in [0.3, 0.4) is 0 Å². The van der Waals surface area contributed by atoms with Crippen molar-refractivity contribution in [2.45, 2.75) is 51.2 Å². The quantitative estimate of drug-likeness (QED) is 0.481. The number of hydrogen-bond acceptors (Lipinski definition) is 5. The predicted molar refractivity (Wildman–Crippen MR) is 135 cm³/mol. The number of fused-ring (bicyclic) bond motifs is 1. The summed E-state index contributed by atoms with van der Waals surface area (Å²) in [6, 6.07) is 5.62. The van der Waals surface area contributed by atoms with Crippen LogP contribution in [0, 0.1) is 0 Å². The maximum atomic E-state index is 14.7. The topological polar surface area (TPSA) is 66.5 Å². The number of allylic oxidation sites excluding steroid dienone is 1. The number of amides is 1. The second kappa shape index (κ2) is 10.9. The Balaban J connectivity index is 2.03. The van der Waals surface area contributed by atoms with E-state index >= 15 is 0 Å². The number of pyridine rings is 1. The SMILES string of the molecule is [2H]C([2H])=C(c1nc(/C=C/CNC(=O)OC(C)(C)C)cc2c(N[C@@H]3CCN(C)C[C@@H]3F)cccc12)C(F)(F)F. The molecule has 6 nitrogen and oxygen atoms in total. The molecular formula is C26H32F4N4O2. The van der Waals surface area contributed by atoms with Crippen LogP contribution in [0.15, 0.2) is 36.9 Å². The lowest BCUT2D eigenvalue weighted by atomic mass is 9.99. The molecule has 1 aromatic carbocycles. The molecule has 1 aromatic heterocycles. The van der Waals surface area contributed by atoms with E-state index in [1.807, 2.05) is 11.9 Å². The molecule has 1 amide bonds. The average Bonchev–Trinajstić information content (AvgIpc) is 2.76. The van der Waals surface area contributed by atoms with Gasteiger partial charge in [0.25, 0.3) is 0 Å². The summed E-state index contributed by atoms with van der Waals surface area (Å²) in [6.07, 6.45) is -3.41. The van der Waals surface area contributed by atoms with E-state index in [1.165, 1.54) is 24.3 Å². The number of piperidine rings is 1. The van der Waals surface area contributed by atoms with E-state index in [0.29, 0.717) is 24.0 Å². The van der Waals surface area contributed by atoms with E-state index in [0.717, 1.165) is 0 Å². The predicted octanol–water partition coefficient (Wildman–Crippen LogP) is 5.80. The summed E-state index contributed by atoms with van der Waals surface area (Å²) in [5.41, 5.74) is -2.22. The molecular weight excluding hydrogens is 476 g/mol. The van der Waals surface area contributed by atoms with Crippen LogP contribution in [-0.4, -0.2) is 66.6 Å². The van der Waals surface area contributed by atoms with Crippen LogP contribution in [0.2, 0.25) is 0 Å². The molecule has 1 saturated heterocycles. The van der Waals surface area contributed by atoms with Gasteiger partial charge < -0.3 is 20.3 Å². The number of likely N-dealkylation sites (tertiary alicyclic amines) is 1. The van der Waals surface area contributed by atoms with Gasteiger partial charge >= 0.3 is 12.3 Å². The van der Waals surface area contributed by atoms with Crippen LogP contribution >= 0.6 is 0 Å². The number of ether oxygens (including phenoxy) is 1. The number of carbonyl (C=O) groups excluding carboxylic acids is 1. The molecule has 36 heavy (non-hydrogen) atoms. The molecule has 196 valence electrons. The van der Waals surface area contributed by atoms with Crippen LogP contribution in [0.25, 0.3) is 22.4 Å². The lowest BCUT2D eigenvalue weighted by molar-refractivity contribution is -0.0688. The van der Waals surface area contributed by atoms with Crippen LogP contribution in [0.4, 0.5) is 28.0 Å². The average molecular weight is 511 g/mol. The van der Waals surface area contributed by atoms with Gasteiger partial charge in [-0.1, -0.05) is 24.7 Å². The van der Waals surface area contributed by atoms with Crippen LogP contribution in [0.1, 0.15) is 41.3 Å². The number of alkyl carbamates (subject to hydrolysis) is 1. The lowest BCUT2D eigenvalue weighted by Gasteiger charge is -2.33. The van der Waals surface area contributed by atoms with Gasteiger partial charge in [0.05, 0.1) is 25.7 Å². The van der Waals surface area contributed by atoms with E-state index in [1.54, 1.807) is 32.9 Å². The Bertz CT molecular complexity index is 1220. The number of carbonyl (C=O) groups is 1. The molecule has 0 spiro atoms. The molecule has 0 unspecified atom stereocenters. The minimum absolute atomic E-state index is 0.0209. The number of nitrogens with one attached hydrogen (secondary N) is 2. The van der Waals surface area contributed by atoms with Gasteiger partial charge in [0, 0.05) is 36.1 Å². The van der Waals surface area contributed by atoms with Crippen molar-refractivity contribution in [2.75, 3.05) is 32.0 Å². The van der Waals surface area contributed by atoms with E-state index in [9.17, 15) is 22.4 Å². The summed E-state index contributed by atoms with van der Waals surface area (Å²) >= 11 is 0. The van der Waals surface area contributed by atoms with Crippen molar-refractivity contribution in [3.8, 4) is 0 Å². The van der Waals surface area contributed by atoms with Crippen molar-refractivity contribution < 1.29 is 29.8 Å². The molecule has 1 aliphatic heterocycles. The normalized spacial score (nSPS) is 20.1. The van der Waals surface area contributed by atoms with Crippen LogP contribution in [0.5, 0.6) is 0 Å². The Labute approximate surface area is 211 Å². The highest BCUT2D eigenvalue weighted by atomic mass is 19.4. The molecule has 2 N–H and O–H groups in total. The molecule has 2 atom stereocenters. The van der Waals surface area contributed by atoms with Gasteiger partial charge in [-0.3, -0.25) is 0 Å². The summed E-state index contributed by atoms with van der Waals surface area (Å²) in [7, 11) is 1.82. The van der Waals surface area contributed by atoms with Crippen molar-refractivity contribution in [3.63, 3.8) is 0 Å². The van der Waals surface area contributed by atoms with Crippen molar-refractivity contribution in [1.82, 2.24) is 15.2 Å². The summed E-state index contributed by atoms with van der Waals surface area (Å²) in [6.45, 7) is 4.63. The first-order valence-electron chi connectivity index (χ1n) is 12.6. The van der Waals surface area contributed by atoms with Crippen molar-refractivity contribution in [3.05, 3.63) is 48.3 Å². The first-order chi connectivity index (χ1) is 17.7. The fourth-order valence-corrected chi connectivity index (χ4v) is 3.89. The molecule has 2 aromatic rings. The van der Waals surface area contributed by atoms with Crippen LogP contribution in [-0.2, 0) is 4.74 Å². The Kier molecular flexibility index (Phi) is 7.41. The Morgan fingerprint density at radius 1 is 1.33 bits per heavy atom. The van der Waals surface area contributed by atoms with E-state index in [-0.39, 0.29) is 24.2 Å². The maximum absolute atomic E-state index is 14.7. The highest BCUT2D eigenvalue weighted by Crippen LogP contribution is 2.37. The van der Waals surface area contributed by atoms with E-state index in [2.05, 4.69) is 15.6 Å². The molecule has 2 heterocycles. The molecule has 1 fully saturated rings. The van der Waals surface area contributed by atoms with Crippen molar-refractivity contribution in [1.29, 1.82) is 0 Å². The maximum Gasteiger partial charge on any atom is 0.417 e. The summed E-state index contributed by atoms with van der Waals surface area (Å²) in [4.78, 5) is 17.8. The number of alkyl halides is 4. The number of halogens is 4. The van der Waals surface area contributed by atoms with Gasteiger partial charge in [-0.05, 0) is 52.4 Å². The van der Waals surface area contributed by atoms with Crippen LogP contribution < -0.4 is 10.6 Å². The zero-order valence-corrected chi connectivity index (χ0v) is 20.7. The first-order valence-corrected chi connectivity index (χ1v) is 11.6. The number of benzene rings is 1. The summed E-state index contributed by atoms with van der Waals surface area (Å²) in [5.74, 6) is 0. The first kappa shape index (κ1) is 24.5. The van der Waals surface area contributed by atoms with E-state index < -0.39 is 47.9 Å². The summed E-state index contributed by atoms with van der Waals surface area (Å²) in [5, 5.41) is 6.07. The Hall–Kier alpha value is -3.14. The third-order valence-electron chi connectivity index (χ3n) is 5.55. The highest BCUT2D eigenvalue weighted by molar-refractivity contribution is 6.00. The number of anilines is 1. The van der Waals surface area contributed by atoms with E-state index in [4.69, 9.17) is 7.48 Å². The fourth-order valence-electron chi connectivity index (χ4n) is 3.89. The molecule has 3 rings (SSSR count). The molecule has 1 aliphatic rings. The fraction of sp³-hybridized carbons (Fsp3) is 0.462. The van der Waals surface area contributed by atoms with Gasteiger partial charge in [0.1, 0.15) is 11.8 Å². The Morgan fingerprint density at radius 2 is 2.08 bits per heavy atom. The molecule has 0 radical (unpaired) electrons. The highest BCUT2D eigenvalue weighted by Gasteiger charge is 2.35. The third-order valence-corrected chi connectivity index (χ3v) is 5.55. The standard InChI is InChI=1S/C26H32F4N4O2/c1-16(26(28,29)30)23-18-9-6-10-21(33-22-11-13-34(5)15-20(22)27)19(18)14-17(32-23)8-7-12-31-24(35)36-25(2,3)4/h6-10,14,20,22,33H,1,11-13,15H2,2-5H3,(H,31,35)/b8-7+/t20-,22+/m0/s1/i1D2. The third kappa shape index (κ3) is 7.19. The van der Waals surface area contributed by atoms with Crippen molar-refractivity contribution >= 4 is 34.2 Å². The monoisotopic (exact) mass is 510 g/mol. The number of nitrogens with zero attached hydrogens (tertiary/aromatic N) is 2. The molecule has 0 aliphatic carbocycles. The van der Waals surface area contributed by atoms with Gasteiger partial charge in [-0.15, -0.1) is 0 Å². The zero-order valence-electron chi connectivity index (χ0n) is 22.7. The number of hydrogen-bond donors (Lipinski definition) is 2. The number of rotatable bonds is 6. The van der Waals surface area contributed by atoms with Gasteiger partial charge in [-0.2, -0.15) is 13.2 Å². The minimum Gasteiger partial charge on any atom is -0.444 e. The van der Waals surface area contributed by atoms with Gasteiger partial charge in [0.2, 0.25) is 0 Å². The second-order valence-electron chi connectivity index (χ2n) is 9.77. The molecule has 0 saturated carbocycles. The molecule has 0 bridgehead atoms. The lowest BCUT2D eigenvalue weighted by Crippen LogP contribution is -2.46. The van der Waals surface area contributed by atoms with Gasteiger partial charge in [-0.25, -0.2) is 14.2 Å². The largest absolute Gasteiger partial charge is 0.444 e. The Morgan fingerprint density at radius 3 is 2.72 bits per heavy atom.